The molecule has 7 nitrogen and oxygen atoms in total. The molecule has 0 bridgehead atoms. The topological polar surface area (TPSA) is 79.0 Å². The molecule has 8 heteroatoms. The van der Waals surface area contributed by atoms with E-state index in [4.69, 9.17) is 4.74 Å². The number of anilines is 2. The summed E-state index contributed by atoms with van der Waals surface area (Å²) < 4.78 is 33.0. The number of benzene rings is 1. The Balaban J connectivity index is 2.35. The number of carbonyl (C=O) groups is 1. The predicted molar refractivity (Wildman–Crippen MR) is 127 cm³/mol. The van der Waals surface area contributed by atoms with Gasteiger partial charge >= 0.3 is 0 Å². The maximum absolute atomic E-state index is 13.3. The molecular formula is C23H39N3O4S. The number of carbonyl (C=O) groups excluding carboxylic acids is 1. The van der Waals surface area contributed by atoms with Crippen molar-refractivity contribution in [3.8, 4) is 0 Å². The molecule has 2 rings (SSSR count). The van der Waals surface area contributed by atoms with Gasteiger partial charge < -0.3 is 14.5 Å². The number of sulfonamides is 1. The van der Waals surface area contributed by atoms with Gasteiger partial charge in [0.25, 0.3) is 0 Å². The van der Waals surface area contributed by atoms with Gasteiger partial charge in [-0.25, -0.2) is 8.42 Å². The molecule has 1 heterocycles. The maximum Gasteiger partial charge on any atom is 0.232 e. The molecule has 0 aliphatic carbocycles. The fraction of sp³-hybridized carbons (Fsp3) is 0.696. The lowest BCUT2D eigenvalue weighted by molar-refractivity contribution is -0.138. The number of ether oxygens (including phenoxy) is 1. The molecule has 176 valence electrons. The number of nitrogens with zero attached hydrogens (tertiary/aromatic N) is 2. The highest BCUT2D eigenvalue weighted by Crippen LogP contribution is 2.27. The van der Waals surface area contributed by atoms with Crippen LogP contribution in [0, 0.1) is 5.92 Å². The summed E-state index contributed by atoms with van der Waals surface area (Å²) in [5, 5.41) is 0. The van der Waals surface area contributed by atoms with Gasteiger partial charge in [-0.1, -0.05) is 20.8 Å². The van der Waals surface area contributed by atoms with Gasteiger partial charge in [0.2, 0.25) is 15.9 Å². The first kappa shape index (κ1) is 25.5. The molecule has 0 spiro atoms. The first-order valence-electron chi connectivity index (χ1n) is 11.4. The summed E-state index contributed by atoms with van der Waals surface area (Å²) in [6, 6.07) is 5.54. The second-order valence-corrected chi connectivity index (χ2v) is 10.4. The van der Waals surface area contributed by atoms with Crippen LogP contribution >= 0.6 is 0 Å². The molecule has 1 saturated heterocycles. The van der Waals surface area contributed by atoms with Crippen molar-refractivity contribution in [2.75, 3.05) is 42.6 Å². The van der Waals surface area contributed by atoms with Crippen LogP contribution in [0.4, 0.5) is 11.4 Å². The summed E-state index contributed by atoms with van der Waals surface area (Å²) in [5.74, 6) is 0.202. The molecule has 1 aromatic rings. The van der Waals surface area contributed by atoms with Gasteiger partial charge in [-0.05, 0) is 55.9 Å². The van der Waals surface area contributed by atoms with Crippen molar-refractivity contribution >= 4 is 27.3 Å². The van der Waals surface area contributed by atoms with E-state index < -0.39 is 10.0 Å². The Labute approximate surface area is 188 Å². The zero-order valence-electron chi connectivity index (χ0n) is 19.7. The van der Waals surface area contributed by atoms with Crippen molar-refractivity contribution in [3.05, 3.63) is 23.8 Å². The van der Waals surface area contributed by atoms with Crippen molar-refractivity contribution in [1.29, 1.82) is 0 Å². The van der Waals surface area contributed by atoms with Gasteiger partial charge in [-0.15, -0.1) is 0 Å². The average Bonchev–Trinajstić information content (AvgIpc) is 3.21. The first-order chi connectivity index (χ1) is 14.7. The quantitative estimate of drug-likeness (QED) is 0.520. The second-order valence-electron chi connectivity index (χ2n) is 8.53. The van der Waals surface area contributed by atoms with Gasteiger partial charge in [0.15, 0.2) is 0 Å². The highest BCUT2D eigenvalue weighted by Gasteiger charge is 2.27. The molecule has 0 radical (unpaired) electrons. The van der Waals surface area contributed by atoms with E-state index in [1.165, 1.54) is 0 Å². The minimum absolute atomic E-state index is 0.0181. The zero-order valence-corrected chi connectivity index (χ0v) is 20.5. The SMILES string of the molecule is CCCS(=O)(=O)Nc1ccc(N(C)C)c(CN(CC2CCCO2)C(=O)C(CC)CC)c1. The highest BCUT2D eigenvalue weighted by atomic mass is 32.2. The number of hydrogen-bond acceptors (Lipinski definition) is 5. The van der Waals surface area contributed by atoms with E-state index in [-0.39, 0.29) is 23.7 Å². The van der Waals surface area contributed by atoms with Crippen molar-refractivity contribution in [2.24, 2.45) is 5.92 Å². The third-order valence-corrected chi connectivity index (χ3v) is 7.26. The molecule has 31 heavy (non-hydrogen) atoms. The zero-order chi connectivity index (χ0) is 23.0. The molecule has 1 N–H and O–H groups in total. The van der Waals surface area contributed by atoms with Crippen LogP contribution < -0.4 is 9.62 Å². The lowest BCUT2D eigenvalue weighted by Gasteiger charge is -2.30. The Morgan fingerprint density at radius 2 is 1.94 bits per heavy atom. The summed E-state index contributed by atoms with van der Waals surface area (Å²) in [6.07, 6.45) is 4.20. The monoisotopic (exact) mass is 453 g/mol. The number of amides is 1. The van der Waals surface area contributed by atoms with E-state index in [0.717, 1.165) is 43.5 Å². The molecule has 1 fully saturated rings. The standard InChI is InChI=1S/C23H39N3O4S/c1-6-14-31(28,29)24-20-11-12-22(25(4)5)19(15-20)16-26(17-21-10-9-13-30-21)23(27)18(7-2)8-3/h11-12,15,18,21,24H,6-10,13-14,16-17H2,1-5H3. The molecule has 1 aliphatic rings. The Hall–Kier alpha value is -1.80. The van der Waals surface area contributed by atoms with Crippen LogP contribution in [-0.4, -0.2) is 58.3 Å². The molecule has 1 aromatic carbocycles. The lowest BCUT2D eigenvalue weighted by atomic mass is 10.0. The predicted octanol–water partition coefficient (Wildman–Crippen LogP) is 3.85. The van der Waals surface area contributed by atoms with Crippen LogP contribution in [0.2, 0.25) is 0 Å². The van der Waals surface area contributed by atoms with Crippen molar-refractivity contribution in [3.63, 3.8) is 0 Å². The van der Waals surface area contributed by atoms with E-state index in [2.05, 4.69) is 4.72 Å². The summed E-state index contributed by atoms with van der Waals surface area (Å²) in [5.41, 5.74) is 2.41. The molecule has 0 saturated carbocycles. The van der Waals surface area contributed by atoms with Gasteiger partial charge in [0.05, 0.1) is 11.9 Å². The van der Waals surface area contributed by atoms with E-state index >= 15 is 0 Å². The number of rotatable bonds is 12. The van der Waals surface area contributed by atoms with Crippen molar-refractivity contribution in [1.82, 2.24) is 4.90 Å². The summed E-state index contributed by atoms with van der Waals surface area (Å²) in [6.45, 7) is 7.66. The Morgan fingerprint density at radius 3 is 2.48 bits per heavy atom. The highest BCUT2D eigenvalue weighted by molar-refractivity contribution is 7.92. The first-order valence-corrected chi connectivity index (χ1v) is 13.1. The Bertz CT molecular complexity index is 816. The van der Waals surface area contributed by atoms with Gasteiger partial charge in [0.1, 0.15) is 0 Å². The van der Waals surface area contributed by atoms with Crippen LogP contribution in [0.3, 0.4) is 0 Å². The van der Waals surface area contributed by atoms with Gasteiger partial charge in [0, 0.05) is 51.1 Å². The fourth-order valence-electron chi connectivity index (χ4n) is 4.08. The van der Waals surface area contributed by atoms with Crippen LogP contribution in [0.25, 0.3) is 0 Å². The Morgan fingerprint density at radius 1 is 1.23 bits per heavy atom. The third-order valence-electron chi connectivity index (χ3n) is 5.76. The van der Waals surface area contributed by atoms with Crippen molar-refractivity contribution < 1.29 is 17.9 Å². The molecule has 0 aromatic heterocycles. The maximum atomic E-state index is 13.3. The molecule has 1 amide bonds. The van der Waals surface area contributed by atoms with E-state index in [9.17, 15) is 13.2 Å². The minimum atomic E-state index is -3.38. The largest absolute Gasteiger partial charge is 0.377 e. The molecular weight excluding hydrogens is 414 g/mol. The minimum Gasteiger partial charge on any atom is -0.377 e. The Kier molecular flexibility index (Phi) is 9.62. The second kappa shape index (κ2) is 11.7. The van der Waals surface area contributed by atoms with E-state index in [1.54, 1.807) is 6.07 Å². The molecule has 1 unspecified atom stereocenters. The number of hydrogen-bond donors (Lipinski definition) is 1. The van der Waals surface area contributed by atoms with Crippen LogP contribution in [-0.2, 0) is 26.1 Å². The summed E-state index contributed by atoms with van der Waals surface area (Å²) >= 11 is 0. The third kappa shape index (κ3) is 7.38. The number of nitrogens with one attached hydrogen (secondary N) is 1. The van der Waals surface area contributed by atoms with Crippen molar-refractivity contribution in [2.45, 2.75) is 65.5 Å². The fourth-order valence-corrected chi connectivity index (χ4v) is 5.21. The normalized spacial score (nSPS) is 16.5. The summed E-state index contributed by atoms with van der Waals surface area (Å²) in [7, 11) is 0.519. The van der Waals surface area contributed by atoms with E-state index in [0.29, 0.717) is 25.2 Å². The van der Waals surface area contributed by atoms with Crippen LogP contribution in [0.5, 0.6) is 0 Å². The summed E-state index contributed by atoms with van der Waals surface area (Å²) in [4.78, 5) is 17.2. The smallest absolute Gasteiger partial charge is 0.232 e. The van der Waals surface area contributed by atoms with Gasteiger partial charge in [-0.2, -0.15) is 0 Å². The average molecular weight is 454 g/mol. The van der Waals surface area contributed by atoms with Gasteiger partial charge in [-0.3, -0.25) is 9.52 Å². The lowest BCUT2D eigenvalue weighted by Crippen LogP contribution is -2.40. The molecule has 1 atom stereocenters. The van der Waals surface area contributed by atoms with Crippen LogP contribution in [0.1, 0.15) is 58.4 Å². The molecule has 1 aliphatic heterocycles. The van der Waals surface area contributed by atoms with Crippen LogP contribution in [0.15, 0.2) is 18.2 Å². The van der Waals surface area contributed by atoms with E-state index in [1.807, 2.05) is 56.8 Å².